The summed E-state index contributed by atoms with van der Waals surface area (Å²) in [5.41, 5.74) is 4.17. The van der Waals surface area contributed by atoms with Gasteiger partial charge in [-0.25, -0.2) is 4.98 Å². The number of hydrogen-bond donors (Lipinski definition) is 1. The second-order valence-electron chi connectivity index (χ2n) is 5.78. The number of thiophene rings is 1. The Kier molecular flexibility index (Phi) is 5.11. The number of thiazole rings is 1. The Morgan fingerprint density at radius 1 is 1.17 bits per heavy atom. The average molecular weight is 357 g/mol. The lowest BCUT2D eigenvalue weighted by Gasteiger charge is -2.06. The molecule has 1 aromatic carbocycles. The van der Waals surface area contributed by atoms with Gasteiger partial charge in [-0.1, -0.05) is 24.3 Å². The second-order valence-corrected chi connectivity index (χ2v) is 8.30. The van der Waals surface area contributed by atoms with Crippen LogP contribution < -0.4 is 5.32 Å². The Morgan fingerprint density at radius 3 is 2.50 bits per heavy atom. The van der Waals surface area contributed by atoms with Gasteiger partial charge >= 0.3 is 0 Å². The van der Waals surface area contributed by atoms with E-state index >= 15 is 0 Å². The van der Waals surface area contributed by atoms with E-state index in [1.807, 2.05) is 26.8 Å². The molecule has 0 bridgehead atoms. The van der Waals surface area contributed by atoms with Crippen LogP contribution in [-0.2, 0) is 6.42 Å². The first kappa shape index (κ1) is 16.9. The largest absolute Gasteiger partial charge is 0.352 e. The molecule has 0 aliphatic rings. The van der Waals surface area contributed by atoms with E-state index in [4.69, 9.17) is 0 Å². The number of amides is 1. The summed E-state index contributed by atoms with van der Waals surface area (Å²) in [6.45, 7) is 6.68. The molecular weight excluding hydrogens is 336 g/mol. The van der Waals surface area contributed by atoms with Gasteiger partial charge in [0.2, 0.25) is 0 Å². The van der Waals surface area contributed by atoms with E-state index in [0.29, 0.717) is 6.54 Å². The molecule has 124 valence electrons. The maximum atomic E-state index is 12.2. The molecule has 0 unspecified atom stereocenters. The van der Waals surface area contributed by atoms with Crippen LogP contribution in [-0.4, -0.2) is 17.4 Å². The number of aryl methyl sites for hydroxylation is 3. The fraction of sp³-hybridized carbons (Fsp3) is 0.263. The van der Waals surface area contributed by atoms with Gasteiger partial charge in [-0.15, -0.1) is 22.7 Å². The van der Waals surface area contributed by atoms with Crippen molar-refractivity contribution in [3.8, 4) is 11.3 Å². The predicted octanol–water partition coefficient (Wildman–Crippen LogP) is 4.77. The molecule has 3 nitrogen and oxygen atoms in total. The Hall–Kier alpha value is -1.98. The molecule has 2 heterocycles. The van der Waals surface area contributed by atoms with E-state index in [2.05, 4.69) is 39.9 Å². The van der Waals surface area contributed by atoms with Gasteiger partial charge in [0, 0.05) is 27.2 Å². The summed E-state index contributed by atoms with van der Waals surface area (Å²) in [7, 11) is 0. The van der Waals surface area contributed by atoms with Crippen molar-refractivity contribution >= 4 is 28.6 Å². The minimum Gasteiger partial charge on any atom is -0.352 e. The quantitative estimate of drug-likeness (QED) is 0.715. The Morgan fingerprint density at radius 2 is 1.92 bits per heavy atom. The van der Waals surface area contributed by atoms with Crippen molar-refractivity contribution in [1.82, 2.24) is 10.3 Å². The van der Waals surface area contributed by atoms with Crippen molar-refractivity contribution < 1.29 is 4.79 Å². The van der Waals surface area contributed by atoms with Gasteiger partial charge in [0.1, 0.15) is 0 Å². The summed E-state index contributed by atoms with van der Waals surface area (Å²) < 4.78 is 0. The minimum absolute atomic E-state index is 0.0198. The lowest BCUT2D eigenvalue weighted by Crippen LogP contribution is -2.25. The van der Waals surface area contributed by atoms with Crippen LogP contribution in [0.25, 0.3) is 11.3 Å². The van der Waals surface area contributed by atoms with Crippen LogP contribution >= 0.6 is 22.7 Å². The molecule has 5 heteroatoms. The Balaban J connectivity index is 1.55. The fourth-order valence-electron chi connectivity index (χ4n) is 2.61. The van der Waals surface area contributed by atoms with Crippen molar-refractivity contribution in [3.05, 3.63) is 61.6 Å². The number of hydrogen-bond acceptors (Lipinski definition) is 4. The van der Waals surface area contributed by atoms with Gasteiger partial charge in [-0.3, -0.25) is 4.79 Å². The lowest BCUT2D eigenvalue weighted by atomic mass is 10.1. The summed E-state index contributed by atoms with van der Waals surface area (Å²) in [6, 6.07) is 10.4. The van der Waals surface area contributed by atoms with E-state index in [9.17, 15) is 4.79 Å². The monoisotopic (exact) mass is 356 g/mol. The first-order valence-electron chi connectivity index (χ1n) is 7.89. The van der Waals surface area contributed by atoms with Crippen molar-refractivity contribution in [2.45, 2.75) is 27.2 Å². The highest BCUT2D eigenvalue weighted by Gasteiger charge is 2.11. The van der Waals surface area contributed by atoms with Crippen LogP contribution in [0.5, 0.6) is 0 Å². The van der Waals surface area contributed by atoms with Gasteiger partial charge in [-0.2, -0.15) is 0 Å². The molecule has 24 heavy (non-hydrogen) atoms. The van der Waals surface area contributed by atoms with Crippen LogP contribution in [0.4, 0.5) is 0 Å². The fourth-order valence-corrected chi connectivity index (χ4v) is 4.15. The minimum atomic E-state index is 0.0198. The topological polar surface area (TPSA) is 42.0 Å². The normalized spacial score (nSPS) is 10.8. The van der Waals surface area contributed by atoms with Gasteiger partial charge in [-0.05, 0) is 38.8 Å². The highest BCUT2D eigenvalue weighted by molar-refractivity contribution is 7.12. The number of benzene rings is 1. The van der Waals surface area contributed by atoms with Gasteiger partial charge in [0.05, 0.1) is 16.3 Å². The number of aromatic nitrogens is 1. The molecule has 0 atom stereocenters. The number of carbonyl (C=O) groups is 1. The molecule has 0 saturated heterocycles. The number of rotatable bonds is 5. The number of nitrogens with one attached hydrogen (secondary N) is 1. The molecule has 2 aromatic heterocycles. The third-order valence-corrected chi connectivity index (χ3v) is 5.59. The van der Waals surface area contributed by atoms with Crippen LogP contribution in [0.2, 0.25) is 0 Å². The SMILES string of the molecule is Cc1cc(C(=O)NCCc2ccc(-c3csc(C)n3)cc2)c(C)s1. The van der Waals surface area contributed by atoms with Crippen molar-refractivity contribution in [2.75, 3.05) is 6.54 Å². The molecule has 0 fully saturated rings. The summed E-state index contributed by atoms with van der Waals surface area (Å²) in [5.74, 6) is 0.0198. The lowest BCUT2D eigenvalue weighted by molar-refractivity contribution is 0.0954. The molecule has 3 rings (SSSR count). The van der Waals surface area contributed by atoms with E-state index in [1.54, 1.807) is 22.7 Å². The maximum Gasteiger partial charge on any atom is 0.252 e. The smallest absolute Gasteiger partial charge is 0.252 e. The number of carbonyl (C=O) groups excluding carboxylic acids is 1. The molecular formula is C19H20N2OS2. The molecule has 0 saturated carbocycles. The first-order chi connectivity index (χ1) is 11.5. The molecule has 3 aromatic rings. The summed E-state index contributed by atoms with van der Waals surface area (Å²) in [5, 5.41) is 6.17. The first-order valence-corrected chi connectivity index (χ1v) is 9.59. The van der Waals surface area contributed by atoms with Crippen LogP contribution in [0, 0.1) is 20.8 Å². The van der Waals surface area contributed by atoms with Crippen molar-refractivity contribution in [2.24, 2.45) is 0 Å². The average Bonchev–Trinajstić information content (AvgIpc) is 3.13. The molecule has 0 radical (unpaired) electrons. The van der Waals surface area contributed by atoms with E-state index < -0.39 is 0 Å². The van der Waals surface area contributed by atoms with Gasteiger partial charge in [0.15, 0.2) is 0 Å². The molecule has 1 N–H and O–H groups in total. The van der Waals surface area contributed by atoms with Crippen molar-refractivity contribution in [1.29, 1.82) is 0 Å². The summed E-state index contributed by atoms with van der Waals surface area (Å²) in [4.78, 5) is 18.9. The zero-order valence-corrected chi connectivity index (χ0v) is 15.7. The highest BCUT2D eigenvalue weighted by atomic mass is 32.1. The standard InChI is InChI=1S/C19H20N2OS2/c1-12-10-17(13(2)24-12)19(22)20-9-8-15-4-6-16(7-5-15)18-11-23-14(3)21-18/h4-7,10-11H,8-9H2,1-3H3,(H,20,22). The Bertz CT molecular complexity index is 847. The molecule has 0 spiro atoms. The second kappa shape index (κ2) is 7.28. The van der Waals surface area contributed by atoms with Crippen LogP contribution in [0.15, 0.2) is 35.7 Å². The predicted molar refractivity (Wildman–Crippen MR) is 102 cm³/mol. The van der Waals surface area contributed by atoms with E-state index in [-0.39, 0.29) is 5.91 Å². The molecule has 1 amide bonds. The van der Waals surface area contributed by atoms with E-state index in [1.165, 1.54) is 10.4 Å². The third-order valence-electron chi connectivity index (χ3n) is 3.85. The third kappa shape index (κ3) is 3.91. The van der Waals surface area contributed by atoms with E-state index in [0.717, 1.165) is 33.1 Å². The maximum absolute atomic E-state index is 12.2. The Labute approximate surface area is 150 Å². The zero-order valence-electron chi connectivity index (χ0n) is 14.1. The summed E-state index contributed by atoms with van der Waals surface area (Å²) >= 11 is 3.33. The molecule has 0 aliphatic heterocycles. The number of nitrogens with zero attached hydrogens (tertiary/aromatic N) is 1. The van der Waals surface area contributed by atoms with Crippen LogP contribution in [0.1, 0.15) is 30.7 Å². The molecule has 0 aliphatic carbocycles. The van der Waals surface area contributed by atoms with Gasteiger partial charge in [0.25, 0.3) is 5.91 Å². The van der Waals surface area contributed by atoms with Gasteiger partial charge < -0.3 is 5.32 Å². The zero-order chi connectivity index (χ0) is 17.1. The van der Waals surface area contributed by atoms with Crippen molar-refractivity contribution in [3.63, 3.8) is 0 Å². The van der Waals surface area contributed by atoms with Crippen LogP contribution in [0.3, 0.4) is 0 Å². The highest BCUT2D eigenvalue weighted by Crippen LogP contribution is 2.22. The summed E-state index contributed by atoms with van der Waals surface area (Å²) in [6.07, 6.45) is 0.824.